The van der Waals surface area contributed by atoms with Gasteiger partial charge in [0, 0.05) is 36.6 Å². The maximum absolute atomic E-state index is 13.3. The molecule has 8 nitrogen and oxygen atoms in total. The Morgan fingerprint density at radius 1 is 1.25 bits per heavy atom. The number of rotatable bonds is 7. The Morgan fingerprint density at radius 3 is 2.62 bits per heavy atom. The third kappa shape index (κ3) is 4.61. The summed E-state index contributed by atoms with van der Waals surface area (Å²) in [7, 11) is 0. The number of aliphatic hydroxyl groups excluding tert-OH is 1. The predicted molar refractivity (Wildman–Crippen MR) is 123 cm³/mol. The Bertz CT molecular complexity index is 1120. The van der Waals surface area contributed by atoms with E-state index in [-0.39, 0.29) is 24.3 Å². The molecule has 32 heavy (non-hydrogen) atoms. The van der Waals surface area contributed by atoms with Crippen molar-refractivity contribution in [1.82, 2.24) is 20.1 Å². The Kier molecular flexibility index (Phi) is 6.72. The third-order valence-electron chi connectivity index (χ3n) is 5.86. The summed E-state index contributed by atoms with van der Waals surface area (Å²) in [6, 6.07) is 6.47. The van der Waals surface area contributed by atoms with Crippen molar-refractivity contribution in [3.8, 4) is 0 Å². The van der Waals surface area contributed by atoms with E-state index in [9.17, 15) is 14.7 Å². The van der Waals surface area contributed by atoms with Crippen molar-refractivity contribution in [2.45, 2.75) is 51.2 Å². The van der Waals surface area contributed by atoms with Crippen LogP contribution >= 0.6 is 11.6 Å². The summed E-state index contributed by atoms with van der Waals surface area (Å²) < 4.78 is 1.77. The van der Waals surface area contributed by atoms with Crippen LogP contribution in [0.3, 0.4) is 0 Å². The molecule has 4 rings (SSSR count). The molecule has 3 N–H and O–H groups in total. The largest absolute Gasteiger partial charge is 0.394 e. The lowest BCUT2D eigenvalue weighted by molar-refractivity contribution is -0.120. The van der Waals surface area contributed by atoms with Crippen molar-refractivity contribution >= 4 is 40.0 Å². The molecule has 3 aromatic rings. The normalized spacial score (nSPS) is 15.7. The molecule has 1 aliphatic carbocycles. The topological polar surface area (TPSA) is 109 Å². The number of nitrogens with one attached hydrogen (secondary N) is 2. The monoisotopic (exact) mass is 455 g/mol. The molecule has 0 aliphatic heterocycles. The summed E-state index contributed by atoms with van der Waals surface area (Å²) in [4.78, 5) is 29.4. The molecule has 9 heteroatoms. The minimum absolute atomic E-state index is 0.0831. The Hall–Kier alpha value is -2.97. The smallest absolute Gasteiger partial charge is 0.255 e. The van der Waals surface area contributed by atoms with Crippen LogP contribution in [0.2, 0.25) is 5.02 Å². The molecule has 0 bridgehead atoms. The summed E-state index contributed by atoms with van der Waals surface area (Å²) in [6.07, 6.45) is 5.75. The predicted octanol–water partition coefficient (Wildman–Crippen LogP) is 3.49. The second-order valence-corrected chi connectivity index (χ2v) is 8.40. The molecule has 1 saturated carbocycles. The van der Waals surface area contributed by atoms with E-state index in [4.69, 9.17) is 11.6 Å². The number of fused-ring (bicyclic) bond motifs is 1. The fraction of sp³-hybridized carbons (Fsp3) is 0.391. The van der Waals surface area contributed by atoms with Crippen LogP contribution in [0.4, 0.5) is 5.69 Å². The third-order valence-corrected chi connectivity index (χ3v) is 6.11. The van der Waals surface area contributed by atoms with E-state index in [1.807, 2.05) is 6.92 Å². The second kappa shape index (κ2) is 9.67. The van der Waals surface area contributed by atoms with Gasteiger partial charge in [-0.3, -0.25) is 9.59 Å². The van der Waals surface area contributed by atoms with Crippen molar-refractivity contribution in [2.24, 2.45) is 0 Å². The molecule has 168 valence electrons. The fourth-order valence-electron chi connectivity index (χ4n) is 4.04. The number of ketones is 1. The zero-order valence-electron chi connectivity index (χ0n) is 17.8. The van der Waals surface area contributed by atoms with Gasteiger partial charge in [-0.25, -0.2) is 9.67 Å². The van der Waals surface area contributed by atoms with Crippen molar-refractivity contribution in [3.05, 3.63) is 52.8 Å². The van der Waals surface area contributed by atoms with Crippen molar-refractivity contribution in [3.63, 3.8) is 0 Å². The molecule has 1 amide bonds. The van der Waals surface area contributed by atoms with Gasteiger partial charge >= 0.3 is 0 Å². The lowest BCUT2D eigenvalue weighted by Crippen LogP contribution is -2.32. The van der Waals surface area contributed by atoms with Crippen LogP contribution in [0.5, 0.6) is 0 Å². The van der Waals surface area contributed by atoms with E-state index in [0.717, 1.165) is 23.8 Å². The summed E-state index contributed by atoms with van der Waals surface area (Å²) in [5.74, 6) is -0.0829. The Balaban J connectivity index is 1.66. The van der Waals surface area contributed by atoms with Gasteiger partial charge in [0.2, 0.25) is 0 Å². The molecular formula is C23H26ClN5O3. The highest BCUT2D eigenvalue weighted by atomic mass is 35.5. The van der Waals surface area contributed by atoms with Crippen LogP contribution in [-0.2, 0) is 11.3 Å². The van der Waals surface area contributed by atoms with Gasteiger partial charge in [0.05, 0.1) is 35.5 Å². The number of carbonyl (C=O) groups is 2. The number of anilines is 1. The number of amides is 1. The SMILES string of the molecule is CCn1ncc2c(NC3CCC(=O)CC3)c(C(=O)NC(CO)c3ccc(Cl)cc3)cnc21. The molecule has 0 saturated heterocycles. The van der Waals surface area contributed by atoms with Crippen LogP contribution in [0, 0.1) is 0 Å². The highest BCUT2D eigenvalue weighted by molar-refractivity contribution is 6.30. The molecule has 0 spiro atoms. The van der Waals surface area contributed by atoms with Crippen LogP contribution in [0.25, 0.3) is 11.0 Å². The number of hydrogen-bond donors (Lipinski definition) is 3. The zero-order valence-corrected chi connectivity index (χ0v) is 18.6. The summed E-state index contributed by atoms with van der Waals surface area (Å²) in [6.45, 7) is 2.37. The molecule has 1 aliphatic rings. The van der Waals surface area contributed by atoms with Crippen molar-refractivity contribution in [2.75, 3.05) is 11.9 Å². The first kappa shape index (κ1) is 22.2. The van der Waals surface area contributed by atoms with Crippen LogP contribution in [-0.4, -0.2) is 44.2 Å². The molecule has 1 unspecified atom stereocenters. The van der Waals surface area contributed by atoms with Gasteiger partial charge in [0.1, 0.15) is 5.78 Å². The number of pyridine rings is 1. The molecule has 0 radical (unpaired) electrons. The van der Waals surface area contributed by atoms with E-state index < -0.39 is 6.04 Å². The number of hydrogen-bond acceptors (Lipinski definition) is 6. The average Bonchev–Trinajstić information content (AvgIpc) is 3.23. The summed E-state index contributed by atoms with van der Waals surface area (Å²) in [5.41, 5.74) is 2.46. The van der Waals surface area contributed by atoms with Crippen molar-refractivity contribution in [1.29, 1.82) is 0 Å². The Labute approximate surface area is 191 Å². The van der Waals surface area contributed by atoms with Crippen LogP contribution in [0.1, 0.15) is 54.6 Å². The second-order valence-electron chi connectivity index (χ2n) is 7.96. The van der Waals surface area contributed by atoms with Gasteiger partial charge in [-0.1, -0.05) is 23.7 Å². The van der Waals surface area contributed by atoms with E-state index in [2.05, 4.69) is 20.7 Å². The molecule has 1 fully saturated rings. The molecule has 1 atom stereocenters. The zero-order chi connectivity index (χ0) is 22.7. The van der Waals surface area contributed by atoms with Crippen LogP contribution in [0.15, 0.2) is 36.7 Å². The Morgan fingerprint density at radius 2 is 1.97 bits per heavy atom. The first-order valence-electron chi connectivity index (χ1n) is 10.8. The van der Waals surface area contributed by atoms with E-state index >= 15 is 0 Å². The van der Waals surface area contributed by atoms with Crippen LogP contribution < -0.4 is 10.6 Å². The van der Waals surface area contributed by atoms with E-state index in [1.54, 1.807) is 35.1 Å². The van der Waals surface area contributed by atoms with Gasteiger partial charge in [0.15, 0.2) is 5.65 Å². The maximum Gasteiger partial charge on any atom is 0.255 e. The minimum atomic E-state index is -0.589. The lowest BCUT2D eigenvalue weighted by Gasteiger charge is -2.25. The molecular weight excluding hydrogens is 430 g/mol. The first-order valence-corrected chi connectivity index (χ1v) is 11.2. The number of carbonyl (C=O) groups excluding carboxylic acids is 2. The molecule has 2 heterocycles. The van der Waals surface area contributed by atoms with E-state index in [1.165, 1.54) is 6.20 Å². The number of nitrogens with zero attached hydrogens (tertiary/aromatic N) is 3. The van der Waals surface area contributed by atoms with Crippen molar-refractivity contribution < 1.29 is 14.7 Å². The number of halogens is 1. The number of aryl methyl sites for hydroxylation is 1. The van der Waals surface area contributed by atoms with E-state index in [0.29, 0.717) is 41.3 Å². The maximum atomic E-state index is 13.3. The standard InChI is InChI=1S/C23H26ClN5O3/c1-2-29-22-18(12-26-29)21(27-16-7-9-17(31)10-8-16)19(11-25-22)23(32)28-20(13-30)14-3-5-15(24)6-4-14/h3-6,11-12,16,20,30H,2,7-10,13H2,1H3,(H,25,27)(H,28,32). The first-order chi connectivity index (χ1) is 15.5. The van der Waals surface area contributed by atoms with Gasteiger partial charge in [-0.15, -0.1) is 0 Å². The van der Waals surface area contributed by atoms with Gasteiger partial charge in [-0.2, -0.15) is 5.10 Å². The van der Waals surface area contributed by atoms with Gasteiger partial charge < -0.3 is 15.7 Å². The van der Waals surface area contributed by atoms with Gasteiger partial charge in [-0.05, 0) is 37.5 Å². The number of aromatic nitrogens is 3. The number of benzene rings is 1. The highest BCUT2D eigenvalue weighted by Crippen LogP contribution is 2.30. The summed E-state index contributed by atoms with van der Waals surface area (Å²) in [5, 5.41) is 22.0. The lowest BCUT2D eigenvalue weighted by atomic mass is 9.94. The summed E-state index contributed by atoms with van der Waals surface area (Å²) >= 11 is 5.96. The van der Waals surface area contributed by atoms with Gasteiger partial charge in [0.25, 0.3) is 5.91 Å². The molecule has 1 aromatic carbocycles. The average molecular weight is 456 g/mol. The number of aliphatic hydroxyl groups is 1. The number of Topliss-reactive ketones (excluding diaryl/α,β-unsaturated/α-hetero) is 1. The fourth-order valence-corrected chi connectivity index (χ4v) is 4.17. The minimum Gasteiger partial charge on any atom is -0.394 e. The molecule has 2 aromatic heterocycles. The quantitative estimate of drug-likeness (QED) is 0.503. The highest BCUT2D eigenvalue weighted by Gasteiger charge is 2.25.